The standard InChI is InChI=1S/C5H10O3S.F5P.Li.H/c1-2-3-4-5-9(6,7)8;1-6(2,3,4)5;;/h2H,1,3-5H2,(H,6,7,8);;;/q;;+1;-1. The van der Waals surface area contributed by atoms with Crippen LogP contribution in [0.3, 0.4) is 0 Å². The molecule has 0 saturated heterocycles. The fourth-order valence-corrected chi connectivity index (χ4v) is 0.942. The smallest absolute Gasteiger partial charge is 1.00 e. The van der Waals surface area contributed by atoms with Crippen molar-refractivity contribution in [3.63, 3.8) is 0 Å². The van der Waals surface area contributed by atoms with Gasteiger partial charge in [0.15, 0.2) is 0 Å². The Kier molecular flexibility index (Phi) is 10.3. The summed E-state index contributed by atoms with van der Waals surface area (Å²) in [4.78, 5) is 0. The normalized spacial score (nSPS) is 13.5. The zero-order chi connectivity index (χ0) is 12.8. The number of hydrogen-bond acceptors (Lipinski definition) is 2. The minimum absolute atomic E-state index is 0. The third-order valence-corrected chi connectivity index (χ3v) is 1.62. The van der Waals surface area contributed by atoms with Gasteiger partial charge in [0.25, 0.3) is 10.1 Å². The van der Waals surface area contributed by atoms with E-state index in [1.807, 2.05) is 0 Å². The first-order valence-electron chi connectivity index (χ1n) is 3.47. The van der Waals surface area contributed by atoms with Gasteiger partial charge in [0, 0.05) is 0 Å². The summed E-state index contributed by atoms with van der Waals surface area (Å²) in [6.45, 7) is 3.40. The van der Waals surface area contributed by atoms with Crippen molar-refractivity contribution in [2.45, 2.75) is 12.8 Å². The molecule has 1 N–H and O–H groups in total. The molecule has 0 heterocycles. The van der Waals surface area contributed by atoms with Crippen molar-refractivity contribution < 1.29 is 54.2 Å². The van der Waals surface area contributed by atoms with E-state index in [0.29, 0.717) is 12.8 Å². The molecule has 0 atom stereocenters. The molecule has 0 aromatic heterocycles. The predicted molar refractivity (Wildman–Crippen MR) is 49.4 cm³/mol. The topological polar surface area (TPSA) is 54.4 Å². The van der Waals surface area contributed by atoms with Crippen LogP contribution >= 0.6 is 8.16 Å². The van der Waals surface area contributed by atoms with Gasteiger partial charge in [0.2, 0.25) is 0 Å². The Morgan fingerprint density at radius 3 is 1.75 bits per heavy atom. The summed E-state index contributed by atoms with van der Waals surface area (Å²) in [5, 5.41) is 0. The van der Waals surface area contributed by atoms with Gasteiger partial charge in [-0.15, -0.1) is 6.58 Å². The van der Waals surface area contributed by atoms with E-state index in [0.717, 1.165) is 0 Å². The largest absolute Gasteiger partial charge is 1.00 e. The Balaban J connectivity index is -0.0000000945. The van der Waals surface area contributed by atoms with Crippen molar-refractivity contribution in [2.75, 3.05) is 5.75 Å². The van der Waals surface area contributed by atoms with Crippen LogP contribution in [0.2, 0.25) is 0 Å². The van der Waals surface area contributed by atoms with Gasteiger partial charge in [-0.25, -0.2) is 0 Å². The average Bonchev–Trinajstić information content (AvgIpc) is 1.78. The minimum Gasteiger partial charge on any atom is -1.00 e. The van der Waals surface area contributed by atoms with Crippen molar-refractivity contribution in [2.24, 2.45) is 0 Å². The zero-order valence-electron chi connectivity index (χ0n) is 9.41. The van der Waals surface area contributed by atoms with E-state index in [4.69, 9.17) is 4.55 Å². The zero-order valence-corrected chi connectivity index (χ0v) is 10.1. The van der Waals surface area contributed by atoms with Crippen LogP contribution in [0.15, 0.2) is 12.7 Å². The summed E-state index contributed by atoms with van der Waals surface area (Å²) in [5.41, 5.74) is 0. The van der Waals surface area contributed by atoms with Gasteiger partial charge in [0.1, 0.15) is 0 Å². The Bertz CT molecular complexity index is 287. The molecule has 0 aliphatic rings. The fourth-order valence-electron chi connectivity index (χ4n) is 0.410. The molecule has 0 spiro atoms. The van der Waals surface area contributed by atoms with Crippen LogP contribution in [0, 0.1) is 0 Å². The van der Waals surface area contributed by atoms with E-state index in [1.54, 1.807) is 6.08 Å². The molecule has 11 heteroatoms. The Morgan fingerprint density at radius 1 is 1.25 bits per heavy atom. The van der Waals surface area contributed by atoms with Gasteiger partial charge < -0.3 is 1.43 Å². The summed E-state index contributed by atoms with van der Waals surface area (Å²) in [7, 11) is -12.3. The molecule has 3 nitrogen and oxygen atoms in total. The van der Waals surface area contributed by atoms with Crippen molar-refractivity contribution in [1.29, 1.82) is 0 Å². The summed E-state index contributed by atoms with van der Waals surface area (Å²) in [5.74, 6) is -0.168. The van der Waals surface area contributed by atoms with Gasteiger partial charge in [-0.3, -0.25) is 4.55 Å². The van der Waals surface area contributed by atoms with Crippen LogP contribution in [0.4, 0.5) is 21.0 Å². The van der Waals surface area contributed by atoms with E-state index in [9.17, 15) is 29.4 Å². The first-order chi connectivity index (χ1) is 6.30. The van der Waals surface area contributed by atoms with Gasteiger partial charge >= 0.3 is 48.0 Å². The maximum Gasteiger partial charge on any atom is 1.00 e. The second kappa shape index (κ2) is 7.61. The Morgan fingerprint density at radius 2 is 1.56 bits per heavy atom. The molecule has 96 valence electrons. The third kappa shape index (κ3) is 63.6. The van der Waals surface area contributed by atoms with Gasteiger partial charge in [-0.2, -0.15) is 8.42 Å². The quantitative estimate of drug-likeness (QED) is 0.208. The number of hydrogen-bond donors (Lipinski definition) is 1. The predicted octanol–water partition coefficient (Wildman–Crippen LogP) is 0.919. The van der Waals surface area contributed by atoms with Gasteiger partial charge in [-0.1, -0.05) is 6.08 Å². The van der Waals surface area contributed by atoms with Crippen molar-refractivity contribution in [1.82, 2.24) is 0 Å². The molecule has 0 bridgehead atoms. The molecule has 0 aromatic carbocycles. The number of halogens is 5. The molecule has 0 aromatic rings. The molecule has 0 radical (unpaired) electrons. The molecule has 0 aliphatic heterocycles. The van der Waals surface area contributed by atoms with Crippen molar-refractivity contribution >= 4 is 18.3 Å². The van der Waals surface area contributed by atoms with Crippen LogP contribution in [0.5, 0.6) is 0 Å². The van der Waals surface area contributed by atoms with Crippen molar-refractivity contribution in [3.8, 4) is 0 Å². The maximum absolute atomic E-state index is 10.0. The molecule has 0 aliphatic carbocycles. The monoisotopic (exact) mass is 284 g/mol. The minimum atomic E-state index is -8.55. The summed E-state index contributed by atoms with van der Waals surface area (Å²) in [6.07, 6.45) is 2.69. The maximum atomic E-state index is 10.0. The van der Waals surface area contributed by atoms with Crippen LogP contribution in [0.25, 0.3) is 0 Å². The molecule has 0 saturated carbocycles. The third-order valence-electron chi connectivity index (χ3n) is 0.811. The summed E-state index contributed by atoms with van der Waals surface area (Å²) in [6, 6.07) is 0. The number of unbranched alkanes of at least 4 members (excludes halogenated alkanes) is 1. The Labute approximate surface area is 104 Å². The molecule has 16 heavy (non-hydrogen) atoms. The van der Waals surface area contributed by atoms with Gasteiger partial charge in [-0.05, 0) is 12.8 Å². The van der Waals surface area contributed by atoms with Crippen molar-refractivity contribution in [3.05, 3.63) is 12.7 Å². The second-order valence-corrected chi connectivity index (χ2v) is 5.21. The van der Waals surface area contributed by atoms with E-state index in [2.05, 4.69) is 6.58 Å². The Hall–Kier alpha value is 0.327. The molecular formula is C5H11F5LiO3PS. The van der Waals surface area contributed by atoms with E-state index in [1.165, 1.54) is 0 Å². The van der Waals surface area contributed by atoms with E-state index < -0.39 is 18.3 Å². The van der Waals surface area contributed by atoms with Gasteiger partial charge in [0.05, 0.1) is 5.75 Å². The number of allylic oxidation sites excluding steroid dienone is 1. The van der Waals surface area contributed by atoms with Crippen LogP contribution < -0.4 is 18.9 Å². The molecule has 0 rings (SSSR count). The summed E-state index contributed by atoms with van der Waals surface area (Å²) >= 11 is 0. The molecule has 0 unspecified atom stereocenters. The molecule has 0 amide bonds. The SMILES string of the molecule is C=CCCCS(=O)(=O)O.FP(F)(F)(F)F.[H-].[Li+]. The molecular weight excluding hydrogens is 273 g/mol. The van der Waals surface area contributed by atoms with Crippen LogP contribution in [0.1, 0.15) is 14.3 Å². The number of rotatable bonds is 4. The first-order valence-corrected chi connectivity index (χ1v) is 6.77. The van der Waals surface area contributed by atoms with E-state index >= 15 is 0 Å². The second-order valence-electron chi connectivity index (χ2n) is 2.36. The van der Waals surface area contributed by atoms with E-state index in [-0.39, 0.29) is 26.0 Å². The van der Waals surface area contributed by atoms with Crippen LogP contribution in [-0.2, 0) is 10.1 Å². The van der Waals surface area contributed by atoms with Crippen LogP contribution in [-0.4, -0.2) is 18.7 Å². The fraction of sp³-hybridized carbons (Fsp3) is 0.600. The average molecular weight is 284 g/mol. The molecule has 0 fully saturated rings. The summed E-state index contributed by atoms with van der Waals surface area (Å²) < 4.78 is 77.4. The first kappa shape index (κ1) is 21.6.